The minimum absolute atomic E-state index is 0.0436. The molecule has 0 saturated carbocycles. The molecule has 0 aromatic heterocycles. The van der Waals surface area contributed by atoms with Crippen LogP contribution in [0.4, 0.5) is 5.69 Å². The standard InChI is InChI=1S/C17H24N2O2/c1-2-3-4-7-16(20)18-15-10-8-14(9-11-15)17(21)19-12-5-6-13-19/h8-11H,2-7,12-13H2,1H3,(H,18,20). The zero-order valence-corrected chi connectivity index (χ0v) is 12.7. The molecule has 0 spiro atoms. The molecule has 4 nitrogen and oxygen atoms in total. The highest BCUT2D eigenvalue weighted by Crippen LogP contribution is 2.15. The lowest BCUT2D eigenvalue weighted by Crippen LogP contribution is -2.27. The molecule has 0 aliphatic carbocycles. The molecule has 0 atom stereocenters. The van der Waals surface area contributed by atoms with E-state index in [1.165, 1.54) is 0 Å². The Kier molecular flexibility index (Phi) is 5.78. The second-order valence-electron chi connectivity index (χ2n) is 5.58. The van der Waals surface area contributed by atoms with E-state index in [0.29, 0.717) is 12.0 Å². The number of anilines is 1. The van der Waals surface area contributed by atoms with Gasteiger partial charge in [0.2, 0.25) is 5.91 Å². The second-order valence-corrected chi connectivity index (χ2v) is 5.58. The van der Waals surface area contributed by atoms with Crippen LogP contribution in [-0.2, 0) is 4.79 Å². The minimum atomic E-state index is 0.0436. The molecule has 1 aliphatic rings. The molecule has 1 saturated heterocycles. The average molecular weight is 288 g/mol. The van der Waals surface area contributed by atoms with Gasteiger partial charge in [-0.15, -0.1) is 0 Å². The summed E-state index contributed by atoms with van der Waals surface area (Å²) in [7, 11) is 0. The maximum absolute atomic E-state index is 12.2. The van der Waals surface area contributed by atoms with Gasteiger partial charge in [-0.3, -0.25) is 9.59 Å². The summed E-state index contributed by atoms with van der Waals surface area (Å²) in [5.74, 6) is 0.135. The van der Waals surface area contributed by atoms with Gasteiger partial charge in [0.25, 0.3) is 5.91 Å². The summed E-state index contributed by atoms with van der Waals surface area (Å²) in [6, 6.07) is 7.20. The van der Waals surface area contributed by atoms with Crippen LogP contribution < -0.4 is 5.32 Å². The largest absolute Gasteiger partial charge is 0.339 e. The molecular weight excluding hydrogens is 264 g/mol. The van der Waals surface area contributed by atoms with Crippen LogP contribution in [-0.4, -0.2) is 29.8 Å². The smallest absolute Gasteiger partial charge is 0.253 e. The maximum Gasteiger partial charge on any atom is 0.253 e. The summed E-state index contributed by atoms with van der Waals surface area (Å²) in [6.45, 7) is 3.83. The molecule has 21 heavy (non-hydrogen) atoms. The van der Waals surface area contributed by atoms with E-state index in [2.05, 4.69) is 12.2 Å². The first kappa shape index (κ1) is 15.5. The van der Waals surface area contributed by atoms with E-state index in [-0.39, 0.29) is 11.8 Å². The van der Waals surface area contributed by atoms with Gasteiger partial charge >= 0.3 is 0 Å². The number of unbranched alkanes of at least 4 members (excludes halogenated alkanes) is 2. The molecule has 1 aromatic carbocycles. The molecule has 2 rings (SSSR count). The van der Waals surface area contributed by atoms with Crippen molar-refractivity contribution in [2.24, 2.45) is 0 Å². The number of benzene rings is 1. The molecule has 0 bridgehead atoms. The number of carbonyl (C=O) groups is 2. The zero-order valence-electron chi connectivity index (χ0n) is 12.7. The summed E-state index contributed by atoms with van der Waals surface area (Å²) >= 11 is 0. The first-order valence-electron chi connectivity index (χ1n) is 7.90. The van der Waals surface area contributed by atoms with E-state index in [1.807, 2.05) is 4.90 Å². The molecule has 1 fully saturated rings. The van der Waals surface area contributed by atoms with Crippen LogP contribution in [0.5, 0.6) is 0 Å². The topological polar surface area (TPSA) is 49.4 Å². The SMILES string of the molecule is CCCCCC(=O)Nc1ccc(C(=O)N2CCCC2)cc1. The molecule has 1 aliphatic heterocycles. The third kappa shape index (κ3) is 4.59. The molecule has 2 amide bonds. The van der Waals surface area contributed by atoms with Crippen LogP contribution in [0.1, 0.15) is 55.8 Å². The zero-order chi connectivity index (χ0) is 15.1. The third-order valence-electron chi connectivity index (χ3n) is 3.82. The van der Waals surface area contributed by atoms with Gasteiger partial charge in [-0.2, -0.15) is 0 Å². The summed E-state index contributed by atoms with van der Waals surface area (Å²) in [6.07, 6.45) is 5.86. The Morgan fingerprint density at radius 3 is 2.38 bits per heavy atom. The fraction of sp³-hybridized carbons (Fsp3) is 0.529. The number of nitrogens with one attached hydrogen (secondary N) is 1. The van der Waals surface area contributed by atoms with E-state index < -0.39 is 0 Å². The van der Waals surface area contributed by atoms with Gasteiger partial charge in [-0.25, -0.2) is 0 Å². The van der Waals surface area contributed by atoms with Crippen molar-refractivity contribution in [3.63, 3.8) is 0 Å². The Morgan fingerprint density at radius 2 is 1.76 bits per heavy atom. The van der Waals surface area contributed by atoms with Gasteiger partial charge in [0.1, 0.15) is 0 Å². The molecule has 1 heterocycles. The van der Waals surface area contributed by atoms with Gasteiger partial charge in [-0.05, 0) is 43.5 Å². The van der Waals surface area contributed by atoms with Gasteiger partial charge < -0.3 is 10.2 Å². The number of amides is 2. The van der Waals surface area contributed by atoms with Crippen molar-refractivity contribution in [1.29, 1.82) is 0 Å². The van der Waals surface area contributed by atoms with Crippen LogP contribution in [0, 0.1) is 0 Å². The average Bonchev–Trinajstić information content (AvgIpc) is 3.02. The number of nitrogens with zero attached hydrogens (tertiary/aromatic N) is 1. The monoisotopic (exact) mass is 288 g/mol. The van der Waals surface area contributed by atoms with Crippen molar-refractivity contribution in [3.8, 4) is 0 Å². The normalized spacial score (nSPS) is 14.2. The van der Waals surface area contributed by atoms with Gasteiger partial charge in [0.15, 0.2) is 0 Å². The van der Waals surface area contributed by atoms with E-state index in [1.54, 1.807) is 24.3 Å². The minimum Gasteiger partial charge on any atom is -0.339 e. The van der Waals surface area contributed by atoms with Gasteiger partial charge in [0, 0.05) is 30.8 Å². The van der Waals surface area contributed by atoms with Gasteiger partial charge in [-0.1, -0.05) is 19.8 Å². The summed E-state index contributed by atoms with van der Waals surface area (Å²) in [5, 5.41) is 2.87. The molecule has 0 unspecified atom stereocenters. The van der Waals surface area contributed by atoms with Crippen LogP contribution in [0.15, 0.2) is 24.3 Å². The van der Waals surface area contributed by atoms with Crippen LogP contribution in [0.25, 0.3) is 0 Å². The molecule has 0 radical (unpaired) electrons. The third-order valence-corrected chi connectivity index (χ3v) is 3.82. The Labute approximate surface area is 126 Å². The number of rotatable bonds is 6. The second kappa shape index (κ2) is 7.81. The fourth-order valence-electron chi connectivity index (χ4n) is 2.56. The number of hydrogen-bond acceptors (Lipinski definition) is 2. The highest BCUT2D eigenvalue weighted by Gasteiger charge is 2.19. The van der Waals surface area contributed by atoms with Crippen LogP contribution in [0.2, 0.25) is 0 Å². The molecule has 114 valence electrons. The van der Waals surface area contributed by atoms with Crippen molar-refractivity contribution in [2.45, 2.75) is 45.4 Å². The van der Waals surface area contributed by atoms with Crippen LogP contribution in [0.3, 0.4) is 0 Å². The first-order valence-corrected chi connectivity index (χ1v) is 7.90. The summed E-state index contributed by atoms with van der Waals surface area (Å²) < 4.78 is 0. The van der Waals surface area contributed by atoms with Crippen molar-refractivity contribution in [1.82, 2.24) is 4.90 Å². The van der Waals surface area contributed by atoms with Gasteiger partial charge in [0.05, 0.1) is 0 Å². The quantitative estimate of drug-likeness (QED) is 0.815. The highest BCUT2D eigenvalue weighted by molar-refractivity contribution is 5.95. The van der Waals surface area contributed by atoms with E-state index in [0.717, 1.165) is 50.9 Å². The maximum atomic E-state index is 12.2. The summed E-state index contributed by atoms with van der Waals surface area (Å²) in [5.41, 5.74) is 1.45. The van der Waals surface area contributed by atoms with Crippen molar-refractivity contribution < 1.29 is 9.59 Å². The van der Waals surface area contributed by atoms with Crippen molar-refractivity contribution in [3.05, 3.63) is 29.8 Å². The van der Waals surface area contributed by atoms with E-state index >= 15 is 0 Å². The number of likely N-dealkylation sites (tertiary alicyclic amines) is 1. The number of carbonyl (C=O) groups excluding carboxylic acids is 2. The van der Waals surface area contributed by atoms with E-state index in [9.17, 15) is 9.59 Å². The fourth-order valence-corrected chi connectivity index (χ4v) is 2.56. The molecule has 1 aromatic rings. The molecular formula is C17H24N2O2. The predicted octanol–water partition coefficient (Wildman–Crippen LogP) is 3.44. The van der Waals surface area contributed by atoms with Crippen molar-refractivity contribution in [2.75, 3.05) is 18.4 Å². The number of hydrogen-bond donors (Lipinski definition) is 1. The Balaban J connectivity index is 1.86. The first-order chi connectivity index (χ1) is 10.2. The Bertz CT molecular complexity index is 476. The highest BCUT2D eigenvalue weighted by atomic mass is 16.2. The lowest BCUT2D eigenvalue weighted by molar-refractivity contribution is -0.116. The molecule has 4 heteroatoms. The van der Waals surface area contributed by atoms with Crippen molar-refractivity contribution >= 4 is 17.5 Å². The van der Waals surface area contributed by atoms with E-state index in [4.69, 9.17) is 0 Å². The lowest BCUT2D eigenvalue weighted by atomic mass is 10.1. The molecule has 1 N–H and O–H groups in total. The Morgan fingerprint density at radius 1 is 1.10 bits per heavy atom. The Hall–Kier alpha value is -1.84. The van der Waals surface area contributed by atoms with Crippen LogP contribution >= 0.6 is 0 Å². The lowest BCUT2D eigenvalue weighted by Gasteiger charge is -2.15. The summed E-state index contributed by atoms with van der Waals surface area (Å²) in [4.78, 5) is 25.8. The predicted molar refractivity (Wildman–Crippen MR) is 84.4 cm³/mol.